The van der Waals surface area contributed by atoms with E-state index in [1.54, 1.807) is 12.1 Å². The number of carbonyl (C=O) groups excluding carboxylic acids is 2. The number of carbonyl (C=O) groups is 2. The Balaban J connectivity index is 1.33. The minimum atomic E-state index is -0.281. The molecule has 0 radical (unpaired) electrons. The number of hydrazine groups is 1. The molecule has 0 aromatic heterocycles. The monoisotopic (exact) mass is 334 g/mol. The fourth-order valence-electron chi connectivity index (χ4n) is 4.10. The molecule has 4 rings (SSSR count). The van der Waals surface area contributed by atoms with Crippen molar-refractivity contribution in [2.75, 3.05) is 0 Å². The Morgan fingerprint density at radius 2 is 1.36 bits per heavy atom. The van der Waals surface area contributed by atoms with Crippen LogP contribution in [0.5, 0.6) is 0 Å². The van der Waals surface area contributed by atoms with Crippen molar-refractivity contribution < 1.29 is 9.59 Å². The third-order valence-corrected chi connectivity index (χ3v) is 5.51. The summed E-state index contributed by atoms with van der Waals surface area (Å²) in [5.74, 6) is 0.859. The van der Waals surface area contributed by atoms with Crippen LogP contribution in [0.3, 0.4) is 0 Å². The maximum atomic E-state index is 12.2. The summed E-state index contributed by atoms with van der Waals surface area (Å²) >= 11 is 0. The van der Waals surface area contributed by atoms with E-state index in [0.29, 0.717) is 17.4 Å². The number of hydrogen-bond donors (Lipinski definition) is 2. The normalized spacial score (nSPS) is 24.1. The molecule has 0 spiro atoms. The average Bonchev–Trinajstić information content (AvgIpc) is 3.41. The van der Waals surface area contributed by atoms with Crippen LogP contribution in [0.1, 0.15) is 36.0 Å². The SMILES string of the molecule is O=C(NNC(=O)C1C2CCCCC21)c1ccc(-c2ccccc2)cc1. The zero-order chi connectivity index (χ0) is 17.2. The Bertz CT molecular complexity index is 758. The van der Waals surface area contributed by atoms with Gasteiger partial charge in [-0.2, -0.15) is 0 Å². The van der Waals surface area contributed by atoms with Crippen LogP contribution in [0, 0.1) is 17.8 Å². The largest absolute Gasteiger partial charge is 0.273 e. The summed E-state index contributed by atoms with van der Waals surface area (Å²) in [5.41, 5.74) is 7.86. The van der Waals surface area contributed by atoms with Gasteiger partial charge >= 0.3 is 0 Å². The predicted octanol–water partition coefficient (Wildman–Crippen LogP) is 3.55. The molecule has 2 saturated carbocycles. The lowest BCUT2D eigenvalue weighted by molar-refractivity contribution is -0.123. The maximum Gasteiger partial charge on any atom is 0.269 e. The minimum absolute atomic E-state index is 0.0360. The Kier molecular flexibility index (Phi) is 4.26. The highest BCUT2D eigenvalue weighted by atomic mass is 16.2. The van der Waals surface area contributed by atoms with E-state index < -0.39 is 0 Å². The summed E-state index contributed by atoms with van der Waals surface area (Å²) in [5, 5.41) is 0. The number of amides is 2. The fraction of sp³-hybridized carbons (Fsp3) is 0.333. The molecule has 2 unspecified atom stereocenters. The quantitative estimate of drug-likeness (QED) is 0.843. The third-order valence-electron chi connectivity index (χ3n) is 5.51. The summed E-state index contributed by atoms with van der Waals surface area (Å²) in [7, 11) is 0. The highest BCUT2D eigenvalue weighted by Crippen LogP contribution is 2.55. The van der Waals surface area contributed by atoms with E-state index in [1.807, 2.05) is 42.5 Å². The van der Waals surface area contributed by atoms with Crippen LogP contribution < -0.4 is 10.9 Å². The zero-order valence-electron chi connectivity index (χ0n) is 14.1. The maximum absolute atomic E-state index is 12.2. The lowest BCUT2D eigenvalue weighted by Gasteiger charge is -2.08. The van der Waals surface area contributed by atoms with Gasteiger partial charge in [-0.25, -0.2) is 0 Å². The molecule has 2 N–H and O–H groups in total. The van der Waals surface area contributed by atoms with Crippen molar-refractivity contribution in [3.63, 3.8) is 0 Å². The fourth-order valence-corrected chi connectivity index (χ4v) is 4.10. The van der Waals surface area contributed by atoms with Crippen LogP contribution in [0.15, 0.2) is 54.6 Å². The Hall–Kier alpha value is -2.62. The van der Waals surface area contributed by atoms with Crippen LogP contribution >= 0.6 is 0 Å². The van der Waals surface area contributed by atoms with Crippen LogP contribution in [-0.4, -0.2) is 11.8 Å². The van der Waals surface area contributed by atoms with Gasteiger partial charge in [-0.15, -0.1) is 0 Å². The van der Waals surface area contributed by atoms with Crippen LogP contribution in [0.2, 0.25) is 0 Å². The van der Waals surface area contributed by atoms with Crippen LogP contribution in [-0.2, 0) is 4.79 Å². The molecule has 4 heteroatoms. The molecule has 2 atom stereocenters. The predicted molar refractivity (Wildman–Crippen MR) is 96.4 cm³/mol. The Morgan fingerprint density at radius 1 is 0.760 bits per heavy atom. The smallest absolute Gasteiger partial charge is 0.269 e. The van der Waals surface area contributed by atoms with Crippen molar-refractivity contribution in [2.45, 2.75) is 25.7 Å². The van der Waals surface area contributed by atoms with Gasteiger partial charge in [-0.3, -0.25) is 20.4 Å². The van der Waals surface area contributed by atoms with E-state index in [9.17, 15) is 9.59 Å². The standard InChI is InChI=1S/C21H22N2O2/c24-20(22-23-21(25)19-17-8-4-5-9-18(17)19)16-12-10-15(11-13-16)14-6-2-1-3-7-14/h1-3,6-7,10-13,17-19H,4-5,8-9H2,(H,22,24)(H,23,25). The molecule has 25 heavy (non-hydrogen) atoms. The first-order valence-electron chi connectivity index (χ1n) is 9.00. The zero-order valence-corrected chi connectivity index (χ0v) is 14.1. The number of hydrogen-bond acceptors (Lipinski definition) is 2. The van der Waals surface area contributed by atoms with Crippen LogP contribution in [0.4, 0.5) is 0 Å². The molecule has 0 saturated heterocycles. The van der Waals surface area contributed by atoms with Gasteiger partial charge in [0.15, 0.2) is 0 Å². The summed E-state index contributed by atoms with van der Waals surface area (Å²) in [4.78, 5) is 24.4. The van der Waals surface area contributed by atoms with Gasteiger partial charge in [0.2, 0.25) is 5.91 Å². The van der Waals surface area contributed by atoms with Gasteiger partial charge in [-0.05, 0) is 47.9 Å². The molecular weight excluding hydrogens is 312 g/mol. The molecule has 128 valence electrons. The summed E-state index contributed by atoms with van der Waals surface area (Å²) in [6, 6.07) is 17.4. The number of benzene rings is 2. The lowest BCUT2D eigenvalue weighted by Crippen LogP contribution is -2.42. The van der Waals surface area contributed by atoms with E-state index >= 15 is 0 Å². The molecule has 2 amide bonds. The van der Waals surface area contributed by atoms with Crippen molar-refractivity contribution in [3.05, 3.63) is 60.2 Å². The van der Waals surface area contributed by atoms with Crippen LogP contribution in [0.25, 0.3) is 11.1 Å². The van der Waals surface area contributed by atoms with Gasteiger partial charge in [0.05, 0.1) is 0 Å². The van der Waals surface area contributed by atoms with Gasteiger partial charge < -0.3 is 0 Å². The second-order valence-electron chi connectivity index (χ2n) is 7.02. The minimum Gasteiger partial charge on any atom is -0.273 e. The van der Waals surface area contributed by atoms with Gasteiger partial charge in [0, 0.05) is 11.5 Å². The highest BCUT2D eigenvalue weighted by molar-refractivity contribution is 5.96. The molecular formula is C21H22N2O2. The van der Waals surface area contributed by atoms with Crippen molar-refractivity contribution in [3.8, 4) is 11.1 Å². The molecule has 0 aliphatic heterocycles. The molecule has 0 bridgehead atoms. The Labute approximate surface area is 147 Å². The number of nitrogens with one attached hydrogen (secondary N) is 2. The highest BCUT2D eigenvalue weighted by Gasteiger charge is 2.54. The summed E-state index contributed by atoms with van der Waals surface area (Å²) in [6.45, 7) is 0. The van der Waals surface area contributed by atoms with E-state index in [-0.39, 0.29) is 17.7 Å². The first-order valence-corrected chi connectivity index (χ1v) is 9.00. The average molecular weight is 334 g/mol. The third kappa shape index (κ3) is 3.29. The van der Waals surface area contributed by atoms with Crippen molar-refractivity contribution >= 4 is 11.8 Å². The topological polar surface area (TPSA) is 58.2 Å². The summed E-state index contributed by atoms with van der Waals surface area (Å²) in [6.07, 6.45) is 4.76. The molecule has 2 aromatic carbocycles. The van der Waals surface area contributed by atoms with Crippen molar-refractivity contribution in [2.24, 2.45) is 17.8 Å². The summed E-state index contributed by atoms with van der Waals surface area (Å²) < 4.78 is 0. The van der Waals surface area contributed by atoms with Crippen molar-refractivity contribution in [1.82, 2.24) is 10.9 Å². The first kappa shape index (κ1) is 15.9. The number of rotatable bonds is 3. The van der Waals surface area contributed by atoms with Gasteiger partial charge in [0.1, 0.15) is 0 Å². The molecule has 4 nitrogen and oxygen atoms in total. The lowest BCUT2D eigenvalue weighted by atomic mass is 10.0. The van der Waals surface area contributed by atoms with E-state index in [4.69, 9.17) is 0 Å². The van der Waals surface area contributed by atoms with Crippen molar-refractivity contribution in [1.29, 1.82) is 0 Å². The van der Waals surface area contributed by atoms with Gasteiger partial charge in [-0.1, -0.05) is 55.3 Å². The molecule has 0 heterocycles. The second kappa shape index (κ2) is 6.71. The first-order chi connectivity index (χ1) is 12.2. The second-order valence-corrected chi connectivity index (χ2v) is 7.02. The molecule has 2 fully saturated rings. The van der Waals surface area contributed by atoms with E-state index in [1.165, 1.54) is 12.8 Å². The molecule has 2 aliphatic rings. The Morgan fingerprint density at radius 3 is 2.00 bits per heavy atom. The van der Waals surface area contributed by atoms with Gasteiger partial charge in [0.25, 0.3) is 5.91 Å². The number of fused-ring (bicyclic) bond motifs is 1. The van der Waals surface area contributed by atoms with E-state index in [2.05, 4.69) is 10.9 Å². The van der Waals surface area contributed by atoms with E-state index in [0.717, 1.165) is 24.0 Å². The molecule has 2 aromatic rings. The molecule has 2 aliphatic carbocycles.